The lowest BCUT2D eigenvalue weighted by Gasteiger charge is -2.13. The van der Waals surface area contributed by atoms with Crippen molar-refractivity contribution < 1.29 is 4.74 Å². The minimum atomic E-state index is 0.455. The fraction of sp³-hybridized carbons (Fsp3) is 0.200. The highest BCUT2D eigenvalue weighted by molar-refractivity contribution is 9.10. The number of hydrogen-bond donors (Lipinski definition) is 1. The maximum atomic E-state index is 5.97. The Hall–Kier alpha value is -0.840. The summed E-state index contributed by atoms with van der Waals surface area (Å²) in [5.41, 5.74) is 9.03. The monoisotopic (exact) mass is 383 g/mol. The molecule has 2 rings (SSSR count). The Labute approximate surface area is 130 Å². The lowest BCUT2D eigenvalue weighted by Crippen LogP contribution is -1.99. The molecule has 0 bridgehead atoms. The van der Waals surface area contributed by atoms with E-state index in [-0.39, 0.29) is 0 Å². The van der Waals surface area contributed by atoms with Crippen LogP contribution in [0.3, 0.4) is 0 Å². The van der Waals surface area contributed by atoms with E-state index in [1.54, 1.807) is 0 Å². The van der Waals surface area contributed by atoms with Gasteiger partial charge in [0, 0.05) is 21.1 Å². The fourth-order valence-corrected chi connectivity index (χ4v) is 2.45. The predicted octanol–water partition coefficient (Wildman–Crippen LogP) is 5.08. The number of hydrogen-bond acceptors (Lipinski definition) is 2. The van der Waals surface area contributed by atoms with Crippen molar-refractivity contribution in [3.8, 4) is 11.5 Å². The van der Waals surface area contributed by atoms with Crippen molar-refractivity contribution in [2.75, 3.05) is 0 Å². The van der Waals surface area contributed by atoms with Gasteiger partial charge in [-0.1, -0.05) is 37.9 Å². The zero-order valence-corrected chi connectivity index (χ0v) is 14.0. The molecule has 0 saturated carbocycles. The van der Waals surface area contributed by atoms with Gasteiger partial charge in [-0.15, -0.1) is 0 Å². The summed E-state index contributed by atoms with van der Waals surface area (Å²) >= 11 is 7.01. The maximum absolute atomic E-state index is 5.97. The van der Waals surface area contributed by atoms with Crippen molar-refractivity contribution >= 4 is 31.9 Å². The highest BCUT2D eigenvalue weighted by Gasteiger charge is 2.07. The Morgan fingerprint density at radius 3 is 2.26 bits per heavy atom. The first-order valence-corrected chi connectivity index (χ1v) is 7.53. The van der Waals surface area contributed by atoms with Gasteiger partial charge in [0.2, 0.25) is 0 Å². The van der Waals surface area contributed by atoms with Crippen LogP contribution in [0.25, 0.3) is 0 Å². The molecule has 0 atom stereocenters. The van der Waals surface area contributed by atoms with Gasteiger partial charge in [-0.2, -0.15) is 0 Å². The summed E-state index contributed by atoms with van der Waals surface area (Å²) in [6.45, 7) is 4.56. The van der Waals surface area contributed by atoms with E-state index in [2.05, 4.69) is 45.7 Å². The molecule has 0 aromatic heterocycles. The van der Waals surface area contributed by atoms with E-state index in [0.29, 0.717) is 6.54 Å². The summed E-state index contributed by atoms with van der Waals surface area (Å²) in [5.74, 6) is 1.61. The molecular weight excluding hydrogens is 370 g/mol. The summed E-state index contributed by atoms with van der Waals surface area (Å²) in [4.78, 5) is 0. The third kappa shape index (κ3) is 3.38. The van der Waals surface area contributed by atoms with E-state index < -0.39 is 0 Å². The number of ether oxygens (including phenoxy) is 1. The molecule has 2 aromatic rings. The normalized spacial score (nSPS) is 10.6. The minimum absolute atomic E-state index is 0.455. The third-order valence-corrected chi connectivity index (χ3v) is 4.63. The van der Waals surface area contributed by atoms with Gasteiger partial charge in [-0.05, 0) is 49.2 Å². The molecule has 2 nitrogen and oxygen atoms in total. The smallest absolute Gasteiger partial charge is 0.133 e. The van der Waals surface area contributed by atoms with Crippen LogP contribution in [0.1, 0.15) is 16.7 Å². The molecule has 0 aliphatic carbocycles. The van der Waals surface area contributed by atoms with Crippen LogP contribution >= 0.6 is 31.9 Å². The highest BCUT2D eigenvalue weighted by Crippen LogP contribution is 2.32. The molecule has 0 spiro atoms. The van der Waals surface area contributed by atoms with Crippen LogP contribution in [0, 0.1) is 13.8 Å². The van der Waals surface area contributed by atoms with Gasteiger partial charge in [0.25, 0.3) is 0 Å². The van der Waals surface area contributed by atoms with Crippen LogP contribution in [0.4, 0.5) is 0 Å². The summed E-state index contributed by atoms with van der Waals surface area (Å²) in [6.07, 6.45) is 0. The van der Waals surface area contributed by atoms with E-state index in [4.69, 9.17) is 10.5 Å². The number of nitrogens with two attached hydrogens (primary N) is 1. The van der Waals surface area contributed by atoms with E-state index in [9.17, 15) is 0 Å². The topological polar surface area (TPSA) is 35.2 Å². The molecule has 0 heterocycles. The fourth-order valence-electron chi connectivity index (χ4n) is 1.88. The molecular formula is C15H15Br2NO. The molecule has 0 saturated heterocycles. The Kier molecular flexibility index (Phi) is 4.66. The van der Waals surface area contributed by atoms with Crippen molar-refractivity contribution in [1.82, 2.24) is 0 Å². The van der Waals surface area contributed by atoms with E-state index in [0.717, 1.165) is 37.1 Å². The molecule has 0 amide bonds. The van der Waals surface area contributed by atoms with Crippen LogP contribution in [0.2, 0.25) is 0 Å². The van der Waals surface area contributed by atoms with Crippen LogP contribution < -0.4 is 10.5 Å². The zero-order valence-electron chi connectivity index (χ0n) is 10.8. The van der Waals surface area contributed by atoms with Gasteiger partial charge in [-0.25, -0.2) is 0 Å². The second-order valence-electron chi connectivity index (χ2n) is 4.43. The van der Waals surface area contributed by atoms with E-state index in [1.807, 2.05) is 30.3 Å². The number of rotatable bonds is 3. The van der Waals surface area contributed by atoms with Gasteiger partial charge < -0.3 is 10.5 Å². The predicted molar refractivity (Wildman–Crippen MR) is 85.7 cm³/mol. The van der Waals surface area contributed by atoms with Gasteiger partial charge in [0.15, 0.2) is 0 Å². The Balaban J connectivity index is 2.38. The van der Waals surface area contributed by atoms with Crippen LogP contribution in [0.15, 0.2) is 39.3 Å². The van der Waals surface area contributed by atoms with Gasteiger partial charge >= 0.3 is 0 Å². The standard InChI is InChI=1S/C15H15Br2NO/c1-9-5-13(6-10(2)15(9)17)19-14-7-12(16)4-3-11(14)8-18/h3-7H,8,18H2,1-2H3. The average molecular weight is 385 g/mol. The number of aryl methyl sites for hydroxylation is 2. The maximum Gasteiger partial charge on any atom is 0.133 e. The summed E-state index contributed by atoms with van der Waals surface area (Å²) in [7, 11) is 0. The Morgan fingerprint density at radius 1 is 1.05 bits per heavy atom. The van der Waals surface area contributed by atoms with Crippen LogP contribution in [-0.4, -0.2) is 0 Å². The molecule has 0 aliphatic rings. The quantitative estimate of drug-likeness (QED) is 0.800. The minimum Gasteiger partial charge on any atom is -0.457 e. The SMILES string of the molecule is Cc1cc(Oc2cc(Br)ccc2CN)cc(C)c1Br. The average Bonchev–Trinajstić information content (AvgIpc) is 2.36. The largest absolute Gasteiger partial charge is 0.457 e. The Bertz CT molecular complexity index is 588. The van der Waals surface area contributed by atoms with E-state index in [1.165, 1.54) is 0 Å². The van der Waals surface area contributed by atoms with Crippen molar-refractivity contribution in [1.29, 1.82) is 0 Å². The summed E-state index contributed by atoms with van der Waals surface area (Å²) in [6, 6.07) is 9.90. The Morgan fingerprint density at radius 2 is 1.68 bits per heavy atom. The van der Waals surface area contributed by atoms with Crippen molar-refractivity contribution in [2.45, 2.75) is 20.4 Å². The zero-order chi connectivity index (χ0) is 14.0. The molecule has 0 radical (unpaired) electrons. The number of benzene rings is 2. The lowest BCUT2D eigenvalue weighted by molar-refractivity contribution is 0.475. The second kappa shape index (κ2) is 6.07. The van der Waals surface area contributed by atoms with Gasteiger partial charge in [0.1, 0.15) is 11.5 Å². The van der Waals surface area contributed by atoms with Crippen molar-refractivity contribution in [2.24, 2.45) is 5.73 Å². The third-order valence-electron chi connectivity index (χ3n) is 2.89. The van der Waals surface area contributed by atoms with Gasteiger partial charge in [-0.3, -0.25) is 0 Å². The molecule has 2 aromatic carbocycles. The van der Waals surface area contributed by atoms with Crippen LogP contribution in [-0.2, 0) is 6.54 Å². The molecule has 0 fully saturated rings. The molecule has 2 N–H and O–H groups in total. The molecule has 4 heteroatoms. The molecule has 0 aliphatic heterocycles. The van der Waals surface area contributed by atoms with Crippen molar-refractivity contribution in [3.05, 3.63) is 56.0 Å². The summed E-state index contributed by atoms with van der Waals surface area (Å²) < 4.78 is 8.06. The van der Waals surface area contributed by atoms with Crippen LogP contribution in [0.5, 0.6) is 11.5 Å². The molecule has 19 heavy (non-hydrogen) atoms. The second-order valence-corrected chi connectivity index (χ2v) is 6.14. The van der Waals surface area contributed by atoms with Crippen molar-refractivity contribution in [3.63, 3.8) is 0 Å². The molecule has 0 unspecified atom stereocenters. The van der Waals surface area contributed by atoms with Gasteiger partial charge in [0.05, 0.1) is 0 Å². The highest BCUT2D eigenvalue weighted by atomic mass is 79.9. The molecule has 100 valence electrons. The first-order chi connectivity index (χ1) is 9.01. The lowest BCUT2D eigenvalue weighted by atomic mass is 10.1. The first kappa shape index (κ1) is 14.6. The first-order valence-electron chi connectivity index (χ1n) is 5.94. The summed E-state index contributed by atoms with van der Waals surface area (Å²) in [5, 5.41) is 0. The van der Waals surface area contributed by atoms with E-state index >= 15 is 0 Å². The number of halogens is 2.